The lowest BCUT2D eigenvalue weighted by Gasteiger charge is -2.39. The second-order valence-electron chi connectivity index (χ2n) is 6.41. The summed E-state index contributed by atoms with van der Waals surface area (Å²) in [6, 6.07) is 4.68. The summed E-state index contributed by atoms with van der Waals surface area (Å²) in [5.41, 5.74) is 1.52. The summed E-state index contributed by atoms with van der Waals surface area (Å²) in [5.74, 6) is -0.479. The van der Waals surface area contributed by atoms with Gasteiger partial charge in [0.25, 0.3) is 0 Å². The third-order valence-corrected chi connectivity index (χ3v) is 4.56. The van der Waals surface area contributed by atoms with Gasteiger partial charge in [0.05, 0.1) is 13.2 Å². The first kappa shape index (κ1) is 18.8. The minimum absolute atomic E-state index is 0.0692. The molecule has 1 aromatic rings. The van der Waals surface area contributed by atoms with Crippen LogP contribution >= 0.6 is 0 Å². The standard InChI is InChI=1S/C18H20O8/c1-8-4-12(20)10-3-2-9(5-11(10)14(8)21)7-25-18-17(24)16(23)15(22)13(6-19)26-18/h2-5,13,15-19,22-24H,6-7H2,1H3/t13-,15-,16+,17-,18-/m1/s1. The van der Waals surface area contributed by atoms with Crippen LogP contribution in [0.3, 0.4) is 0 Å². The molecule has 5 atom stereocenters. The topological polar surface area (TPSA) is 134 Å². The Labute approximate surface area is 149 Å². The van der Waals surface area contributed by atoms with Crippen molar-refractivity contribution in [1.29, 1.82) is 0 Å². The van der Waals surface area contributed by atoms with Crippen molar-refractivity contribution in [3.63, 3.8) is 0 Å². The van der Waals surface area contributed by atoms with E-state index in [1.54, 1.807) is 13.0 Å². The first-order chi connectivity index (χ1) is 12.3. The van der Waals surface area contributed by atoms with Crippen LogP contribution in [-0.4, -0.2) is 69.3 Å². The van der Waals surface area contributed by atoms with Gasteiger partial charge in [-0.15, -0.1) is 0 Å². The van der Waals surface area contributed by atoms with Gasteiger partial charge in [0, 0.05) is 16.7 Å². The number of hydrogen-bond acceptors (Lipinski definition) is 8. The quantitative estimate of drug-likeness (QED) is 0.553. The molecule has 0 radical (unpaired) electrons. The summed E-state index contributed by atoms with van der Waals surface area (Å²) >= 11 is 0. The maximum atomic E-state index is 12.2. The average molecular weight is 364 g/mol. The first-order valence-electron chi connectivity index (χ1n) is 8.16. The number of hydrogen-bond donors (Lipinski definition) is 4. The van der Waals surface area contributed by atoms with E-state index in [0.29, 0.717) is 16.7 Å². The summed E-state index contributed by atoms with van der Waals surface area (Å²) in [5, 5.41) is 38.6. The minimum atomic E-state index is -1.53. The van der Waals surface area contributed by atoms with Crippen LogP contribution in [0.1, 0.15) is 33.2 Å². The molecule has 1 saturated heterocycles. The van der Waals surface area contributed by atoms with Crippen molar-refractivity contribution in [3.05, 3.63) is 46.5 Å². The van der Waals surface area contributed by atoms with E-state index in [4.69, 9.17) is 9.47 Å². The summed E-state index contributed by atoms with van der Waals surface area (Å²) in [7, 11) is 0. The summed E-state index contributed by atoms with van der Waals surface area (Å²) in [4.78, 5) is 24.2. The highest BCUT2D eigenvalue weighted by Gasteiger charge is 2.44. The number of benzene rings is 1. The van der Waals surface area contributed by atoms with Crippen LogP contribution in [0.5, 0.6) is 0 Å². The lowest BCUT2D eigenvalue weighted by Crippen LogP contribution is -2.59. The van der Waals surface area contributed by atoms with E-state index < -0.39 is 37.3 Å². The van der Waals surface area contributed by atoms with Crippen LogP contribution < -0.4 is 0 Å². The molecule has 0 aromatic heterocycles. The molecule has 1 aromatic carbocycles. The Bertz CT molecular complexity index is 754. The van der Waals surface area contributed by atoms with Crippen molar-refractivity contribution in [1.82, 2.24) is 0 Å². The predicted octanol–water partition coefficient (Wildman–Crippen LogP) is -0.672. The molecule has 4 N–H and O–H groups in total. The van der Waals surface area contributed by atoms with Crippen LogP contribution in [0, 0.1) is 0 Å². The lowest BCUT2D eigenvalue weighted by atomic mass is 9.89. The van der Waals surface area contributed by atoms with Crippen molar-refractivity contribution in [2.75, 3.05) is 6.61 Å². The Hall–Kier alpha value is -1.94. The fraction of sp³-hybridized carbons (Fsp3) is 0.444. The van der Waals surface area contributed by atoms with Crippen LogP contribution in [0.15, 0.2) is 29.8 Å². The SMILES string of the molecule is CC1=CC(=O)c2ccc(CO[C@@H]3O[C@H](CO)[C@@H](O)[C@H](O)[C@H]3O)cc2C1=O. The van der Waals surface area contributed by atoms with E-state index in [-0.39, 0.29) is 23.7 Å². The van der Waals surface area contributed by atoms with Gasteiger partial charge >= 0.3 is 0 Å². The third-order valence-electron chi connectivity index (χ3n) is 4.56. The van der Waals surface area contributed by atoms with Crippen LogP contribution in [-0.2, 0) is 16.1 Å². The van der Waals surface area contributed by atoms with Crippen LogP contribution in [0.2, 0.25) is 0 Å². The van der Waals surface area contributed by atoms with Gasteiger partial charge in [-0.05, 0) is 30.7 Å². The molecule has 140 valence electrons. The summed E-state index contributed by atoms with van der Waals surface area (Å²) in [6.07, 6.45) is -5.51. The van der Waals surface area contributed by atoms with Gasteiger partial charge in [0.15, 0.2) is 17.9 Å². The summed E-state index contributed by atoms with van der Waals surface area (Å²) < 4.78 is 10.7. The maximum Gasteiger partial charge on any atom is 0.189 e. The molecule has 1 aliphatic heterocycles. The van der Waals surface area contributed by atoms with E-state index in [9.17, 15) is 30.0 Å². The number of rotatable bonds is 4. The molecule has 1 heterocycles. The molecule has 0 saturated carbocycles. The van der Waals surface area contributed by atoms with E-state index in [1.807, 2.05) is 0 Å². The Morgan fingerprint density at radius 3 is 2.50 bits per heavy atom. The molecule has 1 aliphatic carbocycles. The first-order valence-corrected chi connectivity index (χ1v) is 8.16. The molecule has 0 unspecified atom stereocenters. The van der Waals surface area contributed by atoms with E-state index in [0.717, 1.165) is 0 Å². The Morgan fingerprint density at radius 1 is 1.08 bits per heavy atom. The van der Waals surface area contributed by atoms with Gasteiger partial charge in [0.1, 0.15) is 24.4 Å². The predicted molar refractivity (Wildman–Crippen MR) is 87.4 cm³/mol. The zero-order valence-electron chi connectivity index (χ0n) is 14.0. The molecule has 26 heavy (non-hydrogen) atoms. The van der Waals surface area contributed by atoms with Gasteiger partial charge in [0.2, 0.25) is 0 Å². The van der Waals surface area contributed by atoms with Gasteiger partial charge in [-0.3, -0.25) is 9.59 Å². The molecule has 0 bridgehead atoms. The van der Waals surface area contributed by atoms with Crippen LogP contribution in [0.4, 0.5) is 0 Å². The fourth-order valence-electron chi connectivity index (χ4n) is 3.02. The van der Waals surface area contributed by atoms with Crippen molar-refractivity contribution in [2.24, 2.45) is 0 Å². The molecule has 2 aliphatic rings. The van der Waals surface area contributed by atoms with Crippen molar-refractivity contribution in [2.45, 2.75) is 44.2 Å². The molecule has 8 nitrogen and oxygen atoms in total. The molecular weight excluding hydrogens is 344 g/mol. The van der Waals surface area contributed by atoms with E-state index in [1.165, 1.54) is 18.2 Å². The molecular formula is C18H20O8. The molecule has 8 heteroatoms. The van der Waals surface area contributed by atoms with Crippen molar-refractivity contribution < 1.29 is 39.5 Å². The minimum Gasteiger partial charge on any atom is -0.394 e. The Morgan fingerprint density at radius 2 is 1.81 bits per heavy atom. The number of aliphatic hydroxyl groups excluding tert-OH is 4. The summed E-state index contributed by atoms with van der Waals surface area (Å²) in [6.45, 7) is 0.951. The second-order valence-corrected chi connectivity index (χ2v) is 6.41. The number of allylic oxidation sites excluding steroid dienone is 2. The van der Waals surface area contributed by atoms with Crippen molar-refractivity contribution >= 4 is 11.6 Å². The monoisotopic (exact) mass is 364 g/mol. The molecule has 1 fully saturated rings. The van der Waals surface area contributed by atoms with Crippen LogP contribution in [0.25, 0.3) is 0 Å². The number of aliphatic hydroxyl groups is 4. The van der Waals surface area contributed by atoms with Gasteiger partial charge in [-0.25, -0.2) is 0 Å². The second kappa shape index (κ2) is 7.36. The Balaban J connectivity index is 1.73. The van der Waals surface area contributed by atoms with Gasteiger partial charge in [-0.1, -0.05) is 6.07 Å². The molecule has 3 rings (SSSR count). The van der Waals surface area contributed by atoms with Crippen molar-refractivity contribution in [3.8, 4) is 0 Å². The highest BCUT2D eigenvalue weighted by atomic mass is 16.7. The highest BCUT2D eigenvalue weighted by Crippen LogP contribution is 2.25. The highest BCUT2D eigenvalue weighted by molar-refractivity contribution is 6.24. The average Bonchev–Trinajstić information content (AvgIpc) is 2.63. The number of ether oxygens (including phenoxy) is 2. The largest absolute Gasteiger partial charge is 0.394 e. The smallest absolute Gasteiger partial charge is 0.189 e. The molecule has 0 amide bonds. The van der Waals surface area contributed by atoms with Gasteiger partial charge in [-0.2, -0.15) is 0 Å². The Kier molecular flexibility index (Phi) is 5.33. The number of carbonyl (C=O) groups excluding carboxylic acids is 2. The van der Waals surface area contributed by atoms with E-state index in [2.05, 4.69) is 0 Å². The molecule has 0 spiro atoms. The number of fused-ring (bicyclic) bond motifs is 1. The third kappa shape index (κ3) is 3.35. The number of carbonyl (C=O) groups is 2. The van der Waals surface area contributed by atoms with Gasteiger partial charge < -0.3 is 29.9 Å². The fourth-order valence-corrected chi connectivity index (χ4v) is 3.02. The zero-order valence-corrected chi connectivity index (χ0v) is 14.0. The van der Waals surface area contributed by atoms with E-state index >= 15 is 0 Å². The zero-order chi connectivity index (χ0) is 19.0. The lowest BCUT2D eigenvalue weighted by molar-refractivity contribution is -0.304. The maximum absolute atomic E-state index is 12.2. The number of ketones is 2. The number of Topliss-reactive ketones (excluding diaryl/α,β-unsaturated/α-hetero) is 1. The normalized spacial score (nSPS) is 31.6.